The standard InChI is InChI=1S/C6H5N5O/c1-2-8-5(3-7-1)12-6-4-9-11-10-6/h1-4H,(H,9,10,11). The molecule has 0 saturated heterocycles. The molecular weight excluding hydrogens is 158 g/mol. The smallest absolute Gasteiger partial charge is 0.260 e. The van der Waals surface area contributed by atoms with Crippen LogP contribution in [0, 0.1) is 0 Å². The first-order valence-electron chi connectivity index (χ1n) is 3.25. The quantitative estimate of drug-likeness (QED) is 0.692. The van der Waals surface area contributed by atoms with Crippen molar-refractivity contribution in [2.45, 2.75) is 0 Å². The first-order chi connectivity index (χ1) is 5.95. The summed E-state index contributed by atoms with van der Waals surface area (Å²) in [7, 11) is 0. The van der Waals surface area contributed by atoms with Crippen LogP contribution < -0.4 is 4.74 Å². The molecule has 0 aliphatic heterocycles. The van der Waals surface area contributed by atoms with E-state index < -0.39 is 0 Å². The Morgan fingerprint density at radius 3 is 2.83 bits per heavy atom. The number of rotatable bonds is 2. The summed E-state index contributed by atoms with van der Waals surface area (Å²) >= 11 is 0. The van der Waals surface area contributed by atoms with E-state index in [-0.39, 0.29) is 0 Å². The Balaban J connectivity index is 2.15. The number of hydrogen-bond acceptors (Lipinski definition) is 5. The van der Waals surface area contributed by atoms with Crippen LogP contribution in [0.3, 0.4) is 0 Å². The van der Waals surface area contributed by atoms with Crippen LogP contribution in [0.25, 0.3) is 0 Å². The number of hydrogen-bond donors (Lipinski definition) is 1. The maximum Gasteiger partial charge on any atom is 0.260 e. The predicted molar refractivity (Wildman–Crippen MR) is 38.5 cm³/mol. The minimum atomic E-state index is 0.371. The maximum atomic E-state index is 5.14. The highest BCUT2D eigenvalue weighted by Gasteiger charge is 1.98. The van der Waals surface area contributed by atoms with Crippen LogP contribution in [-0.2, 0) is 0 Å². The molecule has 2 rings (SSSR count). The van der Waals surface area contributed by atoms with E-state index in [2.05, 4.69) is 25.4 Å². The van der Waals surface area contributed by atoms with Crippen LogP contribution in [-0.4, -0.2) is 25.4 Å². The van der Waals surface area contributed by atoms with Gasteiger partial charge in [-0.25, -0.2) is 4.98 Å². The Hall–Kier alpha value is -1.98. The van der Waals surface area contributed by atoms with Crippen LogP contribution in [0.1, 0.15) is 0 Å². The van der Waals surface area contributed by atoms with Gasteiger partial charge in [0.05, 0.1) is 6.20 Å². The third kappa shape index (κ3) is 1.36. The molecule has 0 aliphatic carbocycles. The summed E-state index contributed by atoms with van der Waals surface area (Å²) in [6.45, 7) is 0. The van der Waals surface area contributed by atoms with Crippen LogP contribution in [0.4, 0.5) is 0 Å². The average Bonchev–Trinajstić information content (AvgIpc) is 2.59. The van der Waals surface area contributed by atoms with E-state index in [0.717, 1.165) is 0 Å². The lowest BCUT2D eigenvalue weighted by molar-refractivity contribution is 0.441. The molecule has 6 nitrogen and oxygen atoms in total. The van der Waals surface area contributed by atoms with Crippen molar-refractivity contribution in [3.05, 3.63) is 24.8 Å². The van der Waals surface area contributed by atoms with Gasteiger partial charge in [0.25, 0.3) is 5.88 Å². The molecule has 6 heteroatoms. The van der Waals surface area contributed by atoms with Gasteiger partial charge in [-0.1, -0.05) is 0 Å². The van der Waals surface area contributed by atoms with Gasteiger partial charge in [0.2, 0.25) is 5.88 Å². The van der Waals surface area contributed by atoms with E-state index in [4.69, 9.17) is 4.74 Å². The lowest BCUT2D eigenvalue weighted by atomic mass is 10.7. The van der Waals surface area contributed by atoms with Gasteiger partial charge < -0.3 is 4.74 Å². The average molecular weight is 163 g/mol. The van der Waals surface area contributed by atoms with Gasteiger partial charge in [0.1, 0.15) is 6.20 Å². The Labute approximate surface area is 67.6 Å². The van der Waals surface area contributed by atoms with E-state index in [0.29, 0.717) is 11.8 Å². The van der Waals surface area contributed by atoms with E-state index in [1.54, 1.807) is 6.20 Å². The summed E-state index contributed by atoms with van der Waals surface area (Å²) < 4.78 is 5.14. The third-order valence-corrected chi connectivity index (χ3v) is 1.14. The van der Waals surface area contributed by atoms with Crippen LogP contribution >= 0.6 is 0 Å². The first-order valence-corrected chi connectivity index (χ1v) is 3.25. The molecule has 0 spiro atoms. The molecule has 0 radical (unpaired) electrons. The summed E-state index contributed by atoms with van der Waals surface area (Å²) in [5.41, 5.74) is 0. The highest BCUT2D eigenvalue weighted by atomic mass is 16.5. The molecule has 0 fully saturated rings. The largest absolute Gasteiger partial charge is 0.416 e. The Morgan fingerprint density at radius 1 is 1.17 bits per heavy atom. The topological polar surface area (TPSA) is 76.6 Å². The zero-order valence-corrected chi connectivity index (χ0v) is 6.01. The Morgan fingerprint density at radius 2 is 2.17 bits per heavy atom. The van der Waals surface area contributed by atoms with E-state index in [1.165, 1.54) is 18.6 Å². The molecular formula is C6H5N5O. The van der Waals surface area contributed by atoms with Crippen molar-refractivity contribution in [2.75, 3.05) is 0 Å². The number of nitrogens with one attached hydrogen (secondary N) is 1. The first kappa shape index (κ1) is 6.71. The van der Waals surface area contributed by atoms with Gasteiger partial charge >= 0.3 is 0 Å². The molecule has 0 aliphatic rings. The molecule has 0 saturated carbocycles. The summed E-state index contributed by atoms with van der Waals surface area (Å²) in [6, 6.07) is 0. The summed E-state index contributed by atoms with van der Waals surface area (Å²) in [5, 5.41) is 9.67. The van der Waals surface area contributed by atoms with Crippen molar-refractivity contribution in [3.63, 3.8) is 0 Å². The second-order valence-electron chi connectivity index (χ2n) is 1.95. The summed E-state index contributed by atoms with van der Waals surface area (Å²) in [5.74, 6) is 0.766. The highest BCUT2D eigenvalue weighted by Crippen LogP contribution is 2.11. The number of aromatic amines is 1. The fourth-order valence-electron chi connectivity index (χ4n) is 0.686. The van der Waals surface area contributed by atoms with Gasteiger partial charge in [-0.15, -0.1) is 5.10 Å². The van der Waals surface area contributed by atoms with Crippen LogP contribution in [0.2, 0.25) is 0 Å². The highest BCUT2D eigenvalue weighted by molar-refractivity contribution is 5.11. The number of ether oxygens (including phenoxy) is 1. The second-order valence-corrected chi connectivity index (χ2v) is 1.95. The van der Waals surface area contributed by atoms with Crippen molar-refractivity contribution in [1.29, 1.82) is 0 Å². The fourth-order valence-corrected chi connectivity index (χ4v) is 0.686. The van der Waals surface area contributed by atoms with Crippen molar-refractivity contribution in [3.8, 4) is 11.8 Å². The Kier molecular flexibility index (Phi) is 1.65. The monoisotopic (exact) mass is 163 g/mol. The van der Waals surface area contributed by atoms with Crippen molar-refractivity contribution < 1.29 is 4.74 Å². The molecule has 2 heterocycles. The van der Waals surface area contributed by atoms with E-state index >= 15 is 0 Å². The number of nitrogens with zero attached hydrogens (tertiary/aromatic N) is 4. The number of H-pyrrole nitrogens is 1. The maximum absolute atomic E-state index is 5.14. The molecule has 1 N–H and O–H groups in total. The van der Waals surface area contributed by atoms with Crippen LogP contribution in [0.15, 0.2) is 24.8 Å². The summed E-state index contributed by atoms with van der Waals surface area (Å²) in [4.78, 5) is 7.71. The van der Waals surface area contributed by atoms with Crippen molar-refractivity contribution >= 4 is 0 Å². The van der Waals surface area contributed by atoms with E-state index in [9.17, 15) is 0 Å². The zero-order valence-electron chi connectivity index (χ0n) is 6.01. The van der Waals surface area contributed by atoms with Crippen molar-refractivity contribution in [2.24, 2.45) is 0 Å². The molecule has 2 aromatic heterocycles. The lowest BCUT2D eigenvalue weighted by Crippen LogP contribution is -1.87. The Bertz CT molecular complexity index is 332. The molecule has 2 aromatic rings. The molecule has 0 aromatic carbocycles. The van der Waals surface area contributed by atoms with Gasteiger partial charge in [-0.05, 0) is 0 Å². The second kappa shape index (κ2) is 2.95. The molecule has 12 heavy (non-hydrogen) atoms. The SMILES string of the molecule is c1cnc(Oc2cn[nH]n2)cn1. The minimum absolute atomic E-state index is 0.371. The lowest BCUT2D eigenvalue weighted by Gasteiger charge is -1.96. The van der Waals surface area contributed by atoms with Gasteiger partial charge in [-0.3, -0.25) is 4.98 Å². The van der Waals surface area contributed by atoms with Gasteiger partial charge in [0, 0.05) is 12.4 Å². The zero-order chi connectivity index (χ0) is 8.23. The molecule has 0 bridgehead atoms. The number of aromatic nitrogens is 5. The minimum Gasteiger partial charge on any atom is -0.416 e. The third-order valence-electron chi connectivity index (χ3n) is 1.14. The molecule has 60 valence electrons. The molecule has 0 amide bonds. The van der Waals surface area contributed by atoms with Gasteiger partial charge in [-0.2, -0.15) is 10.3 Å². The van der Waals surface area contributed by atoms with Gasteiger partial charge in [0.15, 0.2) is 0 Å². The van der Waals surface area contributed by atoms with E-state index in [1.807, 2.05) is 0 Å². The fraction of sp³-hybridized carbons (Fsp3) is 0. The predicted octanol–water partition coefficient (Wildman–Crippen LogP) is 0.387. The van der Waals surface area contributed by atoms with Crippen molar-refractivity contribution in [1.82, 2.24) is 25.4 Å². The molecule has 0 atom stereocenters. The van der Waals surface area contributed by atoms with Crippen LogP contribution in [0.5, 0.6) is 11.8 Å². The normalized spacial score (nSPS) is 9.67. The molecule has 0 unspecified atom stereocenters. The summed E-state index contributed by atoms with van der Waals surface area (Å²) in [6.07, 6.45) is 6.05.